The monoisotopic (exact) mass is 453 g/mol. The molecule has 4 saturated carbocycles. The number of carbonyl (C=O) groups is 2. The van der Waals surface area contributed by atoms with Crippen molar-refractivity contribution >= 4 is 11.8 Å². The molecule has 180 valence electrons. The molecule has 6 rings (SSSR count). The summed E-state index contributed by atoms with van der Waals surface area (Å²) in [5, 5.41) is 6.26. The van der Waals surface area contributed by atoms with Crippen LogP contribution in [-0.2, 0) is 16.1 Å². The second kappa shape index (κ2) is 9.38. The third kappa shape index (κ3) is 5.12. The summed E-state index contributed by atoms with van der Waals surface area (Å²) in [5.74, 6) is 2.53. The zero-order valence-corrected chi connectivity index (χ0v) is 20.1. The Kier molecular flexibility index (Phi) is 6.49. The number of amides is 2. The fourth-order valence-electron chi connectivity index (χ4n) is 7.43. The van der Waals surface area contributed by atoms with E-state index in [2.05, 4.69) is 29.4 Å². The van der Waals surface area contributed by atoms with Crippen molar-refractivity contribution in [2.24, 2.45) is 23.2 Å². The Balaban J connectivity index is 1.07. The van der Waals surface area contributed by atoms with E-state index in [9.17, 15) is 9.59 Å². The molecule has 5 fully saturated rings. The lowest BCUT2D eigenvalue weighted by Crippen LogP contribution is -2.53. The molecule has 2 amide bonds. The molecule has 2 N–H and O–H groups in total. The molecule has 0 radical (unpaired) electrons. The van der Waals surface area contributed by atoms with Gasteiger partial charge in [0, 0.05) is 43.7 Å². The van der Waals surface area contributed by atoms with E-state index in [0.29, 0.717) is 18.7 Å². The van der Waals surface area contributed by atoms with Crippen LogP contribution in [0.25, 0.3) is 0 Å². The molecule has 1 heterocycles. The van der Waals surface area contributed by atoms with Crippen LogP contribution < -0.4 is 10.6 Å². The Labute approximate surface area is 197 Å². The zero-order chi connectivity index (χ0) is 23.0. The molecule has 4 bridgehead atoms. The van der Waals surface area contributed by atoms with E-state index in [1.54, 1.807) is 0 Å². The van der Waals surface area contributed by atoms with E-state index < -0.39 is 0 Å². The number of hydrogen-bond acceptors (Lipinski definition) is 4. The summed E-state index contributed by atoms with van der Waals surface area (Å²) in [4.78, 5) is 28.0. The number of nitrogens with zero attached hydrogens (tertiary/aromatic N) is 1. The second-order valence-electron chi connectivity index (χ2n) is 11.4. The van der Waals surface area contributed by atoms with Crippen molar-refractivity contribution in [2.75, 3.05) is 26.2 Å². The minimum absolute atomic E-state index is 0.0477. The SMILES string of the molecule is CC1CN(CCNC(=O)c2ccc(CNC(=O)C34CC5CC(CC(C5)C3)C4)cc2)CC(C)O1. The number of morpholine rings is 1. The maximum Gasteiger partial charge on any atom is 0.251 e. The summed E-state index contributed by atoms with van der Waals surface area (Å²) in [6.45, 7) is 7.99. The van der Waals surface area contributed by atoms with Crippen molar-refractivity contribution in [2.45, 2.75) is 71.1 Å². The fourth-order valence-corrected chi connectivity index (χ4v) is 7.43. The fraction of sp³-hybridized carbons (Fsp3) is 0.704. The molecule has 1 saturated heterocycles. The van der Waals surface area contributed by atoms with Crippen molar-refractivity contribution < 1.29 is 14.3 Å². The summed E-state index contributed by atoms with van der Waals surface area (Å²) < 4.78 is 5.76. The molecule has 1 aromatic rings. The maximum absolute atomic E-state index is 13.1. The highest BCUT2D eigenvalue weighted by Gasteiger charge is 2.54. The Morgan fingerprint density at radius 2 is 1.52 bits per heavy atom. The number of benzene rings is 1. The van der Waals surface area contributed by atoms with Crippen molar-refractivity contribution in [1.82, 2.24) is 15.5 Å². The molecule has 6 heteroatoms. The maximum atomic E-state index is 13.1. The lowest BCUT2D eigenvalue weighted by atomic mass is 9.49. The largest absolute Gasteiger partial charge is 0.373 e. The molecule has 2 atom stereocenters. The van der Waals surface area contributed by atoms with Crippen LogP contribution in [0.2, 0.25) is 0 Å². The van der Waals surface area contributed by atoms with E-state index in [1.165, 1.54) is 19.3 Å². The van der Waals surface area contributed by atoms with Gasteiger partial charge in [0.15, 0.2) is 0 Å². The standard InChI is InChI=1S/C27H39N3O3/c1-18-16-30(17-19(2)33-18)8-7-28-25(31)24-5-3-20(4-6-24)15-29-26(32)27-12-21-9-22(13-27)11-23(10-21)14-27/h3-6,18-19,21-23H,7-17H2,1-2H3,(H,28,31)(H,29,32). The van der Waals surface area contributed by atoms with Gasteiger partial charge < -0.3 is 15.4 Å². The van der Waals surface area contributed by atoms with Crippen LogP contribution in [0.1, 0.15) is 68.3 Å². The van der Waals surface area contributed by atoms with Gasteiger partial charge in [-0.05, 0) is 87.8 Å². The molecular formula is C27H39N3O3. The van der Waals surface area contributed by atoms with Gasteiger partial charge in [-0.25, -0.2) is 0 Å². The van der Waals surface area contributed by atoms with Crippen LogP contribution >= 0.6 is 0 Å². The molecule has 4 aliphatic carbocycles. The van der Waals surface area contributed by atoms with Crippen LogP contribution in [0, 0.1) is 23.2 Å². The van der Waals surface area contributed by atoms with Crippen molar-refractivity contribution in [3.8, 4) is 0 Å². The van der Waals surface area contributed by atoms with Gasteiger partial charge in [0.1, 0.15) is 0 Å². The summed E-state index contributed by atoms with van der Waals surface area (Å²) in [5.41, 5.74) is 1.60. The molecule has 5 aliphatic rings. The lowest BCUT2D eigenvalue weighted by Gasteiger charge is -2.55. The molecule has 0 spiro atoms. The van der Waals surface area contributed by atoms with Crippen molar-refractivity contribution in [3.63, 3.8) is 0 Å². The van der Waals surface area contributed by atoms with Crippen molar-refractivity contribution in [1.29, 1.82) is 0 Å². The molecular weight excluding hydrogens is 414 g/mol. The predicted octanol–water partition coefficient (Wildman–Crippen LogP) is 3.36. The molecule has 1 aliphatic heterocycles. The highest BCUT2D eigenvalue weighted by Crippen LogP contribution is 2.60. The van der Waals surface area contributed by atoms with Crippen molar-refractivity contribution in [3.05, 3.63) is 35.4 Å². The topological polar surface area (TPSA) is 70.7 Å². The quantitative estimate of drug-likeness (QED) is 0.664. The number of ether oxygens (including phenoxy) is 1. The molecule has 0 aromatic heterocycles. The first-order valence-corrected chi connectivity index (χ1v) is 12.9. The van der Waals surface area contributed by atoms with E-state index in [0.717, 1.165) is 62.2 Å². The lowest BCUT2D eigenvalue weighted by molar-refractivity contribution is -0.146. The first-order valence-electron chi connectivity index (χ1n) is 12.9. The normalized spacial score (nSPS) is 35.4. The van der Waals surface area contributed by atoms with Gasteiger partial charge in [-0.1, -0.05) is 12.1 Å². The second-order valence-corrected chi connectivity index (χ2v) is 11.4. The third-order valence-electron chi connectivity index (χ3n) is 8.40. The Morgan fingerprint density at radius 3 is 2.09 bits per heavy atom. The molecule has 33 heavy (non-hydrogen) atoms. The van der Waals surface area contributed by atoms with Gasteiger partial charge in [-0.15, -0.1) is 0 Å². The Bertz CT molecular complexity index is 823. The Morgan fingerprint density at radius 1 is 0.939 bits per heavy atom. The zero-order valence-electron chi connectivity index (χ0n) is 20.1. The summed E-state index contributed by atoms with van der Waals surface area (Å²) >= 11 is 0. The van der Waals surface area contributed by atoms with Gasteiger partial charge in [0.05, 0.1) is 12.2 Å². The smallest absolute Gasteiger partial charge is 0.251 e. The van der Waals surface area contributed by atoms with Gasteiger partial charge >= 0.3 is 0 Å². The van der Waals surface area contributed by atoms with E-state index in [1.807, 2.05) is 24.3 Å². The average molecular weight is 454 g/mol. The first kappa shape index (κ1) is 22.9. The van der Waals surface area contributed by atoms with Gasteiger partial charge in [0.2, 0.25) is 5.91 Å². The van der Waals surface area contributed by atoms with Crippen LogP contribution in [0.3, 0.4) is 0 Å². The third-order valence-corrected chi connectivity index (χ3v) is 8.40. The summed E-state index contributed by atoms with van der Waals surface area (Å²) in [6.07, 6.45) is 7.79. The molecule has 1 aromatic carbocycles. The first-order chi connectivity index (χ1) is 15.9. The highest BCUT2D eigenvalue weighted by atomic mass is 16.5. The average Bonchev–Trinajstić information content (AvgIpc) is 2.76. The number of nitrogens with one attached hydrogen (secondary N) is 2. The van der Waals surface area contributed by atoms with Crippen LogP contribution in [0.4, 0.5) is 0 Å². The number of hydrogen-bond donors (Lipinski definition) is 2. The highest BCUT2D eigenvalue weighted by molar-refractivity contribution is 5.94. The summed E-state index contributed by atoms with van der Waals surface area (Å²) in [6, 6.07) is 7.64. The van der Waals surface area contributed by atoms with E-state index in [4.69, 9.17) is 4.74 Å². The van der Waals surface area contributed by atoms with Gasteiger partial charge in [-0.2, -0.15) is 0 Å². The minimum atomic E-state index is -0.107. The van der Waals surface area contributed by atoms with Crippen LogP contribution in [0.5, 0.6) is 0 Å². The molecule has 6 nitrogen and oxygen atoms in total. The summed E-state index contributed by atoms with van der Waals surface area (Å²) in [7, 11) is 0. The Hall–Kier alpha value is -1.92. The number of rotatable bonds is 7. The number of carbonyl (C=O) groups excluding carboxylic acids is 2. The van der Waals surface area contributed by atoms with Crippen LogP contribution in [0.15, 0.2) is 24.3 Å². The van der Waals surface area contributed by atoms with Crippen LogP contribution in [-0.4, -0.2) is 55.1 Å². The minimum Gasteiger partial charge on any atom is -0.373 e. The van der Waals surface area contributed by atoms with E-state index >= 15 is 0 Å². The van der Waals surface area contributed by atoms with E-state index in [-0.39, 0.29) is 29.4 Å². The van der Waals surface area contributed by atoms with Gasteiger partial charge in [0.25, 0.3) is 5.91 Å². The molecule has 2 unspecified atom stereocenters. The van der Waals surface area contributed by atoms with Gasteiger partial charge in [-0.3, -0.25) is 14.5 Å². The predicted molar refractivity (Wildman–Crippen MR) is 128 cm³/mol.